The highest BCUT2D eigenvalue weighted by atomic mass is 32.1. The Hall–Kier alpha value is -1.51. The fraction of sp³-hybridized carbons (Fsp3) is 0.462. The van der Waals surface area contributed by atoms with E-state index in [0.29, 0.717) is 23.8 Å². The number of nitrogens with one attached hydrogen (secondary N) is 2. The van der Waals surface area contributed by atoms with Crippen LogP contribution in [-0.4, -0.2) is 39.4 Å². The summed E-state index contributed by atoms with van der Waals surface area (Å²) in [5.74, 6) is 0.608. The second-order valence-electron chi connectivity index (χ2n) is 5.33. The molecule has 6 nitrogen and oxygen atoms in total. The van der Waals surface area contributed by atoms with Gasteiger partial charge in [-0.05, 0) is 37.0 Å². The maximum absolute atomic E-state index is 12.3. The van der Waals surface area contributed by atoms with Crippen molar-refractivity contribution in [2.75, 3.05) is 13.2 Å². The molecule has 0 unspecified atom stereocenters. The monoisotopic (exact) mass is 324 g/mol. The number of H-pyrrole nitrogens is 1. The number of aromatic nitrogens is 3. The highest BCUT2D eigenvalue weighted by Crippen LogP contribution is 2.23. The van der Waals surface area contributed by atoms with Crippen LogP contribution in [0, 0.1) is 4.77 Å². The van der Waals surface area contributed by atoms with E-state index in [0.717, 1.165) is 11.3 Å². The summed E-state index contributed by atoms with van der Waals surface area (Å²) >= 11 is 6.78. The predicted octanol–water partition coefficient (Wildman–Crippen LogP) is 1.96. The van der Waals surface area contributed by atoms with Gasteiger partial charge in [-0.2, -0.15) is 5.10 Å². The molecule has 1 fully saturated rings. The van der Waals surface area contributed by atoms with Crippen LogP contribution in [0.25, 0.3) is 10.7 Å². The third-order valence-electron chi connectivity index (χ3n) is 3.46. The topological polar surface area (TPSA) is 71.9 Å². The first-order valence-corrected chi connectivity index (χ1v) is 7.94. The Morgan fingerprint density at radius 2 is 2.57 bits per heavy atom. The van der Waals surface area contributed by atoms with Crippen LogP contribution >= 0.6 is 23.6 Å². The Morgan fingerprint density at radius 3 is 3.24 bits per heavy atom. The van der Waals surface area contributed by atoms with Crippen LogP contribution < -0.4 is 5.32 Å². The Bertz CT molecular complexity index is 683. The molecule has 3 rings (SSSR count). The van der Waals surface area contributed by atoms with E-state index in [4.69, 9.17) is 17.0 Å². The molecule has 8 heteroatoms. The second kappa shape index (κ2) is 5.70. The zero-order valence-electron chi connectivity index (χ0n) is 11.6. The van der Waals surface area contributed by atoms with Crippen LogP contribution in [0.3, 0.4) is 0 Å². The standard InChI is InChI=1S/C13H16N4O2S2/c1-13(4-5-19-8-13)14-10(18)7-17-11(15-16-12(17)20)9-3-2-6-21-9/h2-3,6H,4-5,7-8H2,1H3,(H,14,18)(H,16,20)/t13-/m0/s1. The molecule has 112 valence electrons. The summed E-state index contributed by atoms with van der Waals surface area (Å²) in [5.41, 5.74) is -0.286. The molecule has 0 saturated carbocycles. The summed E-state index contributed by atoms with van der Waals surface area (Å²) in [6.45, 7) is 3.38. The largest absolute Gasteiger partial charge is 0.379 e. The normalized spacial score (nSPS) is 21.6. The van der Waals surface area contributed by atoms with E-state index in [2.05, 4.69) is 15.5 Å². The molecule has 2 aromatic rings. The molecule has 2 N–H and O–H groups in total. The number of rotatable bonds is 4. The van der Waals surface area contributed by atoms with Crippen molar-refractivity contribution >= 4 is 29.5 Å². The SMILES string of the molecule is C[C@]1(NC(=O)Cn2c(-c3cccs3)n[nH]c2=S)CCOC1. The lowest BCUT2D eigenvalue weighted by Gasteiger charge is -2.23. The van der Waals surface area contributed by atoms with E-state index in [1.807, 2.05) is 24.4 Å². The Labute approximate surface area is 131 Å². The Morgan fingerprint density at radius 1 is 1.71 bits per heavy atom. The number of amides is 1. The minimum atomic E-state index is -0.286. The first-order chi connectivity index (χ1) is 10.1. The van der Waals surface area contributed by atoms with Crippen molar-refractivity contribution in [3.63, 3.8) is 0 Å². The number of hydrogen-bond donors (Lipinski definition) is 2. The lowest BCUT2D eigenvalue weighted by Crippen LogP contribution is -2.47. The summed E-state index contributed by atoms with van der Waals surface area (Å²) < 4.78 is 7.51. The summed E-state index contributed by atoms with van der Waals surface area (Å²) in [6.07, 6.45) is 0.827. The van der Waals surface area contributed by atoms with Gasteiger partial charge in [0.1, 0.15) is 6.54 Å². The van der Waals surface area contributed by atoms with Gasteiger partial charge in [-0.15, -0.1) is 11.3 Å². The van der Waals surface area contributed by atoms with E-state index in [1.54, 1.807) is 15.9 Å². The maximum atomic E-state index is 12.3. The molecule has 1 aliphatic heterocycles. The fourth-order valence-corrected chi connectivity index (χ4v) is 3.26. The van der Waals surface area contributed by atoms with Crippen LogP contribution in [0.5, 0.6) is 0 Å². The van der Waals surface area contributed by atoms with Crippen LogP contribution in [-0.2, 0) is 16.1 Å². The van der Waals surface area contributed by atoms with Gasteiger partial charge in [-0.3, -0.25) is 14.5 Å². The molecule has 0 bridgehead atoms. The molecule has 0 aliphatic carbocycles. The summed E-state index contributed by atoms with van der Waals surface area (Å²) in [4.78, 5) is 13.3. The highest BCUT2D eigenvalue weighted by Gasteiger charge is 2.31. The average molecular weight is 324 g/mol. The first kappa shape index (κ1) is 14.4. The third-order valence-corrected chi connectivity index (χ3v) is 4.64. The van der Waals surface area contributed by atoms with E-state index < -0.39 is 0 Å². The molecule has 1 aliphatic rings. The van der Waals surface area contributed by atoms with Crippen LogP contribution in [0.15, 0.2) is 17.5 Å². The van der Waals surface area contributed by atoms with Gasteiger partial charge in [0.25, 0.3) is 0 Å². The van der Waals surface area contributed by atoms with E-state index in [9.17, 15) is 4.79 Å². The van der Waals surface area contributed by atoms with Gasteiger partial charge in [-0.25, -0.2) is 0 Å². The number of nitrogens with zero attached hydrogens (tertiary/aromatic N) is 2. The molecule has 21 heavy (non-hydrogen) atoms. The zero-order chi connectivity index (χ0) is 14.9. The fourth-order valence-electron chi connectivity index (χ4n) is 2.34. The number of hydrogen-bond acceptors (Lipinski definition) is 5. The molecule has 3 heterocycles. The molecule has 1 atom stereocenters. The van der Waals surface area contributed by atoms with E-state index in [1.165, 1.54) is 0 Å². The second-order valence-corrected chi connectivity index (χ2v) is 6.66. The van der Waals surface area contributed by atoms with Crippen molar-refractivity contribution in [3.05, 3.63) is 22.3 Å². The summed E-state index contributed by atoms with van der Waals surface area (Å²) in [7, 11) is 0. The third kappa shape index (κ3) is 3.07. The minimum Gasteiger partial charge on any atom is -0.379 e. The predicted molar refractivity (Wildman–Crippen MR) is 82.7 cm³/mol. The molecule has 0 spiro atoms. The van der Waals surface area contributed by atoms with Crippen molar-refractivity contribution in [2.24, 2.45) is 0 Å². The van der Waals surface area contributed by atoms with Crippen LogP contribution in [0.4, 0.5) is 0 Å². The van der Waals surface area contributed by atoms with Crippen LogP contribution in [0.2, 0.25) is 0 Å². The Kier molecular flexibility index (Phi) is 3.92. The van der Waals surface area contributed by atoms with Gasteiger partial charge in [-0.1, -0.05) is 6.07 Å². The molecular formula is C13H16N4O2S2. The molecule has 1 saturated heterocycles. The number of carbonyl (C=O) groups is 1. The van der Waals surface area contributed by atoms with Crippen molar-refractivity contribution in [3.8, 4) is 10.7 Å². The maximum Gasteiger partial charge on any atom is 0.240 e. The summed E-state index contributed by atoms with van der Waals surface area (Å²) in [5, 5.41) is 12.0. The first-order valence-electron chi connectivity index (χ1n) is 6.65. The lowest BCUT2D eigenvalue weighted by atomic mass is 10.0. The number of aromatic amines is 1. The van der Waals surface area contributed by atoms with Crippen molar-refractivity contribution in [2.45, 2.75) is 25.4 Å². The smallest absolute Gasteiger partial charge is 0.240 e. The van der Waals surface area contributed by atoms with Gasteiger partial charge in [0.05, 0.1) is 17.0 Å². The van der Waals surface area contributed by atoms with Gasteiger partial charge >= 0.3 is 0 Å². The van der Waals surface area contributed by atoms with Crippen molar-refractivity contribution in [1.82, 2.24) is 20.1 Å². The number of thiophene rings is 1. The average Bonchev–Trinajstić information content (AvgIpc) is 3.13. The minimum absolute atomic E-state index is 0.0849. The zero-order valence-corrected chi connectivity index (χ0v) is 13.2. The van der Waals surface area contributed by atoms with Gasteiger partial charge in [0, 0.05) is 6.61 Å². The molecule has 0 aromatic carbocycles. The van der Waals surface area contributed by atoms with E-state index >= 15 is 0 Å². The molecular weight excluding hydrogens is 308 g/mol. The Balaban J connectivity index is 1.77. The van der Waals surface area contributed by atoms with E-state index in [-0.39, 0.29) is 18.0 Å². The van der Waals surface area contributed by atoms with Gasteiger partial charge in [0.15, 0.2) is 10.6 Å². The quantitative estimate of drug-likeness (QED) is 0.844. The number of ether oxygens (including phenoxy) is 1. The summed E-state index contributed by atoms with van der Waals surface area (Å²) in [6, 6.07) is 3.90. The van der Waals surface area contributed by atoms with Crippen molar-refractivity contribution in [1.29, 1.82) is 0 Å². The van der Waals surface area contributed by atoms with Gasteiger partial charge < -0.3 is 10.1 Å². The number of carbonyl (C=O) groups excluding carboxylic acids is 1. The molecule has 1 amide bonds. The van der Waals surface area contributed by atoms with Gasteiger partial charge in [0.2, 0.25) is 5.91 Å². The molecule has 0 radical (unpaired) electrons. The van der Waals surface area contributed by atoms with Crippen LogP contribution in [0.1, 0.15) is 13.3 Å². The molecule has 2 aromatic heterocycles. The van der Waals surface area contributed by atoms with Crippen molar-refractivity contribution < 1.29 is 9.53 Å². The highest BCUT2D eigenvalue weighted by molar-refractivity contribution is 7.71. The lowest BCUT2D eigenvalue weighted by molar-refractivity contribution is -0.123.